The van der Waals surface area contributed by atoms with Crippen LogP contribution >= 0.6 is 0 Å². The molecule has 1 aliphatic carbocycles. The number of cyclic esters (lactones) is 1. The Bertz CT molecular complexity index is 1350. The number of fused-ring (bicyclic) bond motifs is 5. The molecule has 0 saturated carbocycles. The molecule has 32 heavy (non-hydrogen) atoms. The van der Waals surface area contributed by atoms with Crippen LogP contribution in [0.1, 0.15) is 59.8 Å². The zero-order valence-electron chi connectivity index (χ0n) is 18.3. The average Bonchev–Trinajstić information content (AvgIpc) is 3.15. The van der Waals surface area contributed by atoms with Gasteiger partial charge >= 0.3 is 5.97 Å². The summed E-state index contributed by atoms with van der Waals surface area (Å²) >= 11 is 0. The van der Waals surface area contributed by atoms with Gasteiger partial charge in [-0.05, 0) is 48.9 Å². The van der Waals surface area contributed by atoms with E-state index >= 15 is 0 Å². The Balaban J connectivity index is 0.000000796. The number of nitrogens with zero attached hydrogens (tertiary/aromatic N) is 2. The largest absolute Gasteiger partial charge is 0.458 e. The number of aromatic nitrogens is 2. The minimum Gasteiger partial charge on any atom is -0.458 e. The van der Waals surface area contributed by atoms with Gasteiger partial charge in [0.15, 0.2) is 6.10 Å². The second-order valence-electron chi connectivity index (χ2n) is 7.99. The summed E-state index contributed by atoms with van der Waals surface area (Å²) in [6.07, 6.45) is 1.12. The SMILES string of the molecule is CC.Cc1c(F)cc2nc3c(c4c2c1CCC4)Cn1c-3cc2c(c1=O)COC(=O)C2O.[Y]. The molecule has 2 aromatic heterocycles. The van der Waals surface area contributed by atoms with Crippen LogP contribution in [0.2, 0.25) is 0 Å². The molecule has 1 atom stereocenters. The Morgan fingerprint density at radius 2 is 1.84 bits per heavy atom. The van der Waals surface area contributed by atoms with Crippen molar-refractivity contribution in [3.05, 3.63) is 61.7 Å². The minimum absolute atomic E-state index is 0. The van der Waals surface area contributed by atoms with Crippen LogP contribution in [0.15, 0.2) is 16.9 Å². The monoisotopic (exact) mass is 511 g/mol. The summed E-state index contributed by atoms with van der Waals surface area (Å²) in [5.41, 5.74) is 5.86. The van der Waals surface area contributed by atoms with Crippen molar-refractivity contribution in [1.82, 2.24) is 9.55 Å². The molecular weight excluding hydrogens is 488 g/mol. The number of aliphatic hydroxyl groups is 1. The molecule has 0 spiro atoms. The van der Waals surface area contributed by atoms with E-state index in [0.29, 0.717) is 34.6 Å². The molecule has 3 aromatic rings. The molecule has 163 valence electrons. The van der Waals surface area contributed by atoms with Gasteiger partial charge in [-0.15, -0.1) is 0 Å². The van der Waals surface area contributed by atoms with E-state index in [1.54, 1.807) is 17.6 Å². The number of pyridine rings is 2. The number of hydrogen-bond donors (Lipinski definition) is 1. The molecule has 3 aliphatic rings. The molecule has 8 heteroatoms. The van der Waals surface area contributed by atoms with E-state index in [2.05, 4.69) is 0 Å². The molecule has 2 aliphatic heterocycles. The first-order valence-corrected chi connectivity index (χ1v) is 10.7. The van der Waals surface area contributed by atoms with Crippen LogP contribution in [0.4, 0.5) is 4.39 Å². The Kier molecular flexibility index (Phi) is 6.12. The molecule has 1 aromatic carbocycles. The van der Waals surface area contributed by atoms with E-state index in [-0.39, 0.29) is 56.3 Å². The summed E-state index contributed by atoms with van der Waals surface area (Å²) in [5, 5.41) is 11.2. The standard InChI is InChI=1S/C22H17FN2O4.C2H6.Y/c1-9-10-3-2-4-11-13-7-25-17(19(13)24-16(18(10)11)6-15(9)23)5-12-14(21(25)27)8-29-22(28)20(12)26;1-2;/h5-6,20,26H,2-4,7-8H2,1H3;1-2H3;. The number of halogens is 1. The van der Waals surface area contributed by atoms with Crippen molar-refractivity contribution >= 4 is 16.9 Å². The van der Waals surface area contributed by atoms with Crippen LogP contribution in [0.5, 0.6) is 0 Å². The number of carbonyl (C=O) groups is 1. The maximum absolute atomic E-state index is 14.5. The van der Waals surface area contributed by atoms with Crippen molar-refractivity contribution in [2.75, 3.05) is 0 Å². The fourth-order valence-electron chi connectivity index (χ4n) is 5.06. The van der Waals surface area contributed by atoms with Crippen molar-refractivity contribution in [2.45, 2.75) is 59.3 Å². The van der Waals surface area contributed by atoms with Gasteiger partial charge < -0.3 is 14.4 Å². The molecule has 6 rings (SSSR count). The Labute approximate surface area is 209 Å². The molecule has 1 radical (unpaired) electrons. The van der Waals surface area contributed by atoms with E-state index in [0.717, 1.165) is 41.3 Å². The topological polar surface area (TPSA) is 81.4 Å². The summed E-state index contributed by atoms with van der Waals surface area (Å²) in [6, 6.07) is 3.13. The van der Waals surface area contributed by atoms with E-state index in [1.165, 1.54) is 6.07 Å². The number of benzene rings is 1. The quantitative estimate of drug-likeness (QED) is 0.366. The first-order valence-electron chi connectivity index (χ1n) is 10.7. The van der Waals surface area contributed by atoms with Crippen LogP contribution in [-0.2, 0) is 68.2 Å². The van der Waals surface area contributed by atoms with E-state index in [4.69, 9.17) is 9.72 Å². The molecule has 1 unspecified atom stereocenters. The molecular formula is C24H23FN2O4Y. The molecule has 0 fully saturated rings. The number of ether oxygens (including phenoxy) is 1. The van der Waals surface area contributed by atoms with Gasteiger partial charge in [-0.1, -0.05) is 13.8 Å². The smallest absolute Gasteiger partial charge is 0.340 e. The first-order chi connectivity index (χ1) is 15.0. The summed E-state index contributed by atoms with van der Waals surface area (Å²) in [6.45, 7) is 6.05. The molecule has 0 amide bonds. The summed E-state index contributed by atoms with van der Waals surface area (Å²) in [5.74, 6) is -1.03. The normalized spacial score (nSPS) is 17.4. The van der Waals surface area contributed by atoms with Crippen LogP contribution in [0, 0.1) is 12.7 Å². The van der Waals surface area contributed by atoms with Crippen molar-refractivity contribution in [2.24, 2.45) is 0 Å². The Hall–Kier alpha value is -1.96. The summed E-state index contributed by atoms with van der Waals surface area (Å²) in [4.78, 5) is 29.6. The van der Waals surface area contributed by atoms with Crippen molar-refractivity contribution in [3.63, 3.8) is 0 Å². The van der Waals surface area contributed by atoms with Crippen molar-refractivity contribution < 1.29 is 51.7 Å². The second kappa shape index (κ2) is 8.43. The summed E-state index contributed by atoms with van der Waals surface area (Å²) in [7, 11) is 0. The molecule has 0 bridgehead atoms. The number of aliphatic hydroxyl groups excluding tert-OH is 1. The maximum atomic E-state index is 14.5. The summed E-state index contributed by atoms with van der Waals surface area (Å²) < 4.78 is 21.1. The predicted molar refractivity (Wildman–Crippen MR) is 113 cm³/mol. The number of rotatable bonds is 0. The number of carbonyl (C=O) groups excluding carboxylic acids is 1. The van der Waals surface area contributed by atoms with E-state index in [1.807, 2.05) is 13.8 Å². The van der Waals surface area contributed by atoms with Gasteiger partial charge in [0.05, 0.1) is 29.0 Å². The van der Waals surface area contributed by atoms with Gasteiger partial charge in [0.25, 0.3) is 5.56 Å². The molecule has 6 nitrogen and oxygen atoms in total. The number of hydrogen-bond acceptors (Lipinski definition) is 5. The Morgan fingerprint density at radius 3 is 2.59 bits per heavy atom. The first kappa shape index (κ1) is 23.2. The number of esters is 1. The minimum atomic E-state index is -1.48. The third-order valence-electron chi connectivity index (χ3n) is 6.54. The predicted octanol–water partition coefficient (Wildman–Crippen LogP) is 3.48. The van der Waals surface area contributed by atoms with Crippen LogP contribution in [-0.4, -0.2) is 20.6 Å². The third kappa shape index (κ3) is 3.12. The number of aryl methyl sites for hydroxylation is 2. The zero-order chi connectivity index (χ0) is 22.0. The van der Waals surface area contributed by atoms with E-state index < -0.39 is 12.1 Å². The van der Waals surface area contributed by atoms with E-state index in [9.17, 15) is 19.1 Å². The van der Waals surface area contributed by atoms with Gasteiger partial charge in [0.2, 0.25) is 0 Å². The van der Waals surface area contributed by atoms with Crippen molar-refractivity contribution in [1.29, 1.82) is 0 Å². The Morgan fingerprint density at radius 1 is 1.12 bits per heavy atom. The van der Waals surface area contributed by atoms with Crippen LogP contribution in [0.25, 0.3) is 22.3 Å². The average molecular weight is 511 g/mol. The van der Waals surface area contributed by atoms with Crippen LogP contribution < -0.4 is 5.56 Å². The van der Waals surface area contributed by atoms with Crippen molar-refractivity contribution in [3.8, 4) is 11.4 Å². The van der Waals surface area contributed by atoms with Gasteiger partial charge in [0.1, 0.15) is 12.4 Å². The fourth-order valence-corrected chi connectivity index (χ4v) is 5.06. The third-order valence-corrected chi connectivity index (χ3v) is 6.54. The fraction of sp³-hybridized carbons (Fsp3) is 0.375. The molecule has 4 heterocycles. The second-order valence-corrected chi connectivity index (χ2v) is 7.99. The van der Waals surface area contributed by atoms with Gasteiger partial charge in [0, 0.05) is 55.3 Å². The van der Waals surface area contributed by atoms with Gasteiger partial charge in [-0.2, -0.15) is 0 Å². The van der Waals surface area contributed by atoms with Crippen LogP contribution in [0.3, 0.4) is 0 Å². The van der Waals surface area contributed by atoms with Gasteiger partial charge in [-0.3, -0.25) is 4.79 Å². The molecule has 0 saturated heterocycles. The van der Waals surface area contributed by atoms with Gasteiger partial charge in [-0.25, -0.2) is 14.2 Å². The zero-order valence-corrected chi connectivity index (χ0v) is 21.1. The molecule has 1 N–H and O–H groups in total. The maximum Gasteiger partial charge on any atom is 0.340 e.